The first-order valence-corrected chi connectivity index (χ1v) is 7.84. The van der Waals surface area contributed by atoms with Crippen molar-refractivity contribution in [3.8, 4) is 0 Å². The molecular formula is C16H24ClFN4O. The summed E-state index contributed by atoms with van der Waals surface area (Å²) < 4.78 is 13.1. The van der Waals surface area contributed by atoms with Gasteiger partial charge in [-0.15, -0.1) is 12.4 Å². The summed E-state index contributed by atoms with van der Waals surface area (Å²) >= 11 is 0. The molecule has 1 amide bonds. The number of hydrogen-bond acceptors (Lipinski definition) is 4. The van der Waals surface area contributed by atoms with E-state index in [0.29, 0.717) is 19.0 Å². The SMILES string of the molecule is CC1CC(CN)CN1C(=O)C1CNNC1c1ccc(F)cc1.Cl. The Labute approximate surface area is 142 Å². The summed E-state index contributed by atoms with van der Waals surface area (Å²) in [5, 5.41) is 0. The van der Waals surface area contributed by atoms with E-state index in [2.05, 4.69) is 17.8 Å². The Morgan fingerprint density at radius 1 is 1.39 bits per heavy atom. The highest BCUT2D eigenvalue weighted by Gasteiger charge is 2.40. The number of benzene rings is 1. The van der Waals surface area contributed by atoms with Crippen LogP contribution in [-0.4, -0.2) is 36.5 Å². The summed E-state index contributed by atoms with van der Waals surface area (Å²) in [5.41, 5.74) is 12.9. The fourth-order valence-electron chi connectivity index (χ4n) is 3.55. The van der Waals surface area contributed by atoms with Crippen molar-refractivity contribution >= 4 is 18.3 Å². The molecular weight excluding hydrogens is 319 g/mol. The van der Waals surface area contributed by atoms with Crippen LogP contribution in [0.15, 0.2) is 24.3 Å². The molecule has 2 saturated heterocycles. The highest BCUT2D eigenvalue weighted by molar-refractivity contribution is 5.85. The van der Waals surface area contributed by atoms with Gasteiger partial charge in [-0.2, -0.15) is 0 Å². The van der Waals surface area contributed by atoms with Gasteiger partial charge in [0.05, 0.1) is 12.0 Å². The van der Waals surface area contributed by atoms with Crippen LogP contribution in [0.4, 0.5) is 4.39 Å². The van der Waals surface area contributed by atoms with Gasteiger partial charge in [-0.1, -0.05) is 12.1 Å². The van der Waals surface area contributed by atoms with Gasteiger partial charge < -0.3 is 10.6 Å². The van der Waals surface area contributed by atoms with Crippen LogP contribution >= 0.6 is 12.4 Å². The van der Waals surface area contributed by atoms with Crippen LogP contribution in [-0.2, 0) is 4.79 Å². The van der Waals surface area contributed by atoms with Crippen molar-refractivity contribution in [2.45, 2.75) is 25.4 Å². The van der Waals surface area contributed by atoms with Gasteiger partial charge in [-0.3, -0.25) is 10.2 Å². The highest BCUT2D eigenvalue weighted by atomic mass is 35.5. The van der Waals surface area contributed by atoms with E-state index in [-0.39, 0.29) is 42.1 Å². The fourth-order valence-corrected chi connectivity index (χ4v) is 3.55. The molecule has 4 unspecified atom stereocenters. The molecule has 0 radical (unpaired) electrons. The molecule has 2 fully saturated rings. The molecule has 0 saturated carbocycles. The van der Waals surface area contributed by atoms with E-state index in [9.17, 15) is 9.18 Å². The first kappa shape index (κ1) is 18.1. The van der Waals surface area contributed by atoms with Crippen molar-refractivity contribution < 1.29 is 9.18 Å². The lowest BCUT2D eigenvalue weighted by Gasteiger charge is -2.27. The number of carbonyl (C=O) groups is 1. The minimum atomic E-state index is -0.267. The molecule has 23 heavy (non-hydrogen) atoms. The van der Waals surface area contributed by atoms with Gasteiger partial charge in [-0.05, 0) is 43.5 Å². The molecule has 0 spiro atoms. The van der Waals surface area contributed by atoms with E-state index in [1.165, 1.54) is 12.1 Å². The monoisotopic (exact) mass is 342 g/mol. The van der Waals surface area contributed by atoms with Crippen molar-refractivity contribution in [3.63, 3.8) is 0 Å². The number of hydrogen-bond donors (Lipinski definition) is 3. The van der Waals surface area contributed by atoms with Gasteiger partial charge in [0.15, 0.2) is 0 Å². The van der Waals surface area contributed by atoms with Crippen LogP contribution in [0, 0.1) is 17.7 Å². The van der Waals surface area contributed by atoms with Crippen molar-refractivity contribution in [1.82, 2.24) is 15.8 Å². The number of likely N-dealkylation sites (tertiary alicyclic amines) is 1. The Hall–Kier alpha value is -1.21. The van der Waals surface area contributed by atoms with Crippen molar-refractivity contribution in [1.29, 1.82) is 0 Å². The molecule has 1 aromatic rings. The van der Waals surface area contributed by atoms with Gasteiger partial charge in [0.2, 0.25) is 5.91 Å². The fraction of sp³-hybridized carbons (Fsp3) is 0.562. The molecule has 2 aliphatic heterocycles. The number of nitrogens with zero attached hydrogens (tertiary/aromatic N) is 1. The Kier molecular flexibility index (Phi) is 5.97. The van der Waals surface area contributed by atoms with Crippen LogP contribution in [0.3, 0.4) is 0 Å². The lowest BCUT2D eigenvalue weighted by Crippen LogP contribution is -2.41. The Bertz CT molecular complexity index is 541. The number of amides is 1. The summed E-state index contributed by atoms with van der Waals surface area (Å²) in [6.07, 6.45) is 0.969. The second kappa shape index (κ2) is 7.57. The van der Waals surface area contributed by atoms with E-state index in [1.807, 2.05) is 4.90 Å². The predicted molar refractivity (Wildman–Crippen MR) is 89.4 cm³/mol. The Balaban J connectivity index is 0.00000192. The van der Waals surface area contributed by atoms with Crippen molar-refractivity contribution in [2.24, 2.45) is 17.6 Å². The van der Waals surface area contributed by atoms with Gasteiger partial charge in [-0.25, -0.2) is 9.82 Å². The number of nitrogens with one attached hydrogen (secondary N) is 2. The van der Waals surface area contributed by atoms with E-state index >= 15 is 0 Å². The van der Waals surface area contributed by atoms with Crippen LogP contribution in [0.1, 0.15) is 24.9 Å². The first-order chi connectivity index (χ1) is 10.6. The maximum Gasteiger partial charge on any atom is 0.229 e. The molecule has 1 aromatic carbocycles. The van der Waals surface area contributed by atoms with Crippen molar-refractivity contribution in [3.05, 3.63) is 35.6 Å². The average molecular weight is 343 g/mol. The molecule has 0 aliphatic carbocycles. The van der Waals surface area contributed by atoms with E-state index < -0.39 is 0 Å². The summed E-state index contributed by atoms with van der Waals surface area (Å²) in [5.74, 6) is 0.0989. The molecule has 2 heterocycles. The Morgan fingerprint density at radius 3 is 2.70 bits per heavy atom. The number of halogens is 2. The minimum Gasteiger partial charge on any atom is -0.339 e. The van der Waals surface area contributed by atoms with Crippen LogP contribution in [0.25, 0.3) is 0 Å². The molecule has 128 valence electrons. The highest BCUT2D eigenvalue weighted by Crippen LogP contribution is 2.30. The first-order valence-electron chi connectivity index (χ1n) is 7.84. The number of hydrazine groups is 1. The summed E-state index contributed by atoms with van der Waals surface area (Å²) in [6.45, 7) is 4.02. The van der Waals surface area contributed by atoms with Crippen molar-refractivity contribution in [2.75, 3.05) is 19.6 Å². The smallest absolute Gasteiger partial charge is 0.229 e. The molecule has 4 N–H and O–H groups in total. The second-order valence-electron chi connectivity index (χ2n) is 6.34. The normalized spacial score (nSPS) is 30.3. The third-order valence-corrected chi connectivity index (χ3v) is 4.81. The molecule has 7 heteroatoms. The maximum atomic E-state index is 13.1. The van der Waals surface area contributed by atoms with Gasteiger partial charge in [0.25, 0.3) is 0 Å². The number of carbonyl (C=O) groups excluding carboxylic acids is 1. The van der Waals surface area contributed by atoms with Crippen LogP contribution < -0.4 is 16.6 Å². The van der Waals surface area contributed by atoms with E-state index in [1.54, 1.807) is 12.1 Å². The van der Waals surface area contributed by atoms with Crippen LogP contribution in [0.2, 0.25) is 0 Å². The molecule has 0 bridgehead atoms. The predicted octanol–water partition coefficient (Wildman–Crippen LogP) is 1.21. The average Bonchev–Trinajstić information content (AvgIpc) is 3.14. The zero-order valence-corrected chi connectivity index (χ0v) is 14.0. The standard InChI is InChI=1S/C16H23FN4O.ClH/c1-10-6-11(7-18)9-21(10)16(22)14-8-19-20-15(14)12-2-4-13(17)5-3-12;/h2-5,10-11,14-15,19-20H,6-9,18H2,1H3;1H. The van der Waals surface area contributed by atoms with E-state index in [0.717, 1.165) is 18.5 Å². The maximum absolute atomic E-state index is 13.1. The third-order valence-electron chi connectivity index (χ3n) is 4.81. The lowest BCUT2D eigenvalue weighted by atomic mass is 9.93. The van der Waals surface area contributed by atoms with E-state index in [4.69, 9.17) is 5.73 Å². The van der Waals surface area contributed by atoms with Crippen LogP contribution in [0.5, 0.6) is 0 Å². The molecule has 5 nitrogen and oxygen atoms in total. The summed E-state index contributed by atoms with van der Waals surface area (Å²) in [4.78, 5) is 14.9. The van der Waals surface area contributed by atoms with Gasteiger partial charge in [0.1, 0.15) is 5.82 Å². The molecule has 0 aromatic heterocycles. The third kappa shape index (κ3) is 3.66. The number of rotatable bonds is 3. The zero-order chi connectivity index (χ0) is 15.7. The quantitative estimate of drug-likeness (QED) is 0.772. The minimum absolute atomic E-state index is 0. The second-order valence-corrected chi connectivity index (χ2v) is 6.34. The topological polar surface area (TPSA) is 70.4 Å². The zero-order valence-electron chi connectivity index (χ0n) is 13.2. The molecule has 3 rings (SSSR count). The summed E-state index contributed by atoms with van der Waals surface area (Å²) in [6, 6.07) is 6.43. The summed E-state index contributed by atoms with van der Waals surface area (Å²) in [7, 11) is 0. The molecule has 2 aliphatic rings. The van der Waals surface area contributed by atoms with Gasteiger partial charge >= 0.3 is 0 Å². The Morgan fingerprint density at radius 2 is 2.09 bits per heavy atom. The largest absolute Gasteiger partial charge is 0.339 e. The lowest BCUT2D eigenvalue weighted by molar-refractivity contribution is -0.136. The number of nitrogens with two attached hydrogens (primary N) is 1. The molecule has 4 atom stereocenters. The van der Waals surface area contributed by atoms with Gasteiger partial charge in [0, 0.05) is 19.1 Å².